The van der Waals surface area contributed by atoms with Crippen molar-refractivity contribution in [3.63, 3.8) is 0 Å². The summed E-state index contributed by atoms with van der Waals surface area (Å²) < 4.78 is 5.63. The van der Waals surface area contributed by atoms with E-state index in [4.69, 9.17) is 34.3 Å². The number of pyridine rings is 1. The Morgan fingerprint density at radius 1 is 1.26 bits per heavy atom. The number of benzene rings is 1. The normalized spacial score (nSPS) is 10.4. The van der Waals surface area contributed by atoms with Crippen molar-refractivity contribution in [1.82, 2.24) is 4.98 Å². The second kappa shape index (κ2) is 6.61. The van der Waals surface area contributed by atoms with E-state index in [1.165, 1.54) is 0 Å². The van der Waals surface area contributed by atoms with Gasteiger partial charge in [-0.1, -0.05) is 42.0 Å². The number of halogens is 1. The Labute approximate surface area is 122 Å². The predicted molar refractivity (Wildman–Crippen MR) is 80.1 cm³/mol. The highest BCUT2D eigenvalue weighted by molar-refractivity contribution is 7.80. The number of thiocarbonyl (C=S) groups is 1. The summed E-state index contributed by atoms with van der Waals surface area (Å²) in [6.07, 6.45) is 1.67. The molecule has 0 unspecified atom stereocenters. The fourth-order valence-corrected chi connectivity index (χ4v) is 1.90. The van der Waals surface area contributed by atoms with Crippen LogP contribution in [0, 0.1) is 0 Å². The van der Waals surface area contributed by atoms with Gasteiger partial charge in [0.1, 0.15) is 4.99 Å². The molecule has 2 N–H and O–H groups in total. The van der Waals surface area contributed by atoms with Crippen LogP contribution in [0.15, 0.2) is 42.6 Å². The van der Waals surface area contributed by atoms with Crippen molar-refractivity contribution in [2.45, 2.75) is 13.2 Å². The average molecular weight is 293 g/mol. The number of aromatic nitrogens is 1. The van der Waals surface area contributed by atoms with Gasteiger partial charge in [-0.05, 0) is 29.3 Å². The zero-order chi connectivity index (χ0) is 13.7. The third-order valence-electron chi connectivity index (χ3n) is 2.56. The molecule has 0 atom stereocenters. The van der Waals surface area contributed by atoms with Crippen LogP contribution in [0.25, 0.3) is 0 Å². The number of rotatable bonds is 5. The molecule has 0 aliphatic carbocycles. The Bertz CT molecular complexity index is 589. The Balaban J connectivity index is 1.94. The zero-order valence-corrected chi connectivity index (χ0v) is 11.7. The van der Waals surface area contributed by atoms with Crippen molar-refractivity contribution < 1.29 is 4.74 Å². The molecular formula is C14H13ClN2OS. The van der Waals surface area contributed by atoms with E-state index in [0.717, 1.165) is 11.1 Å². The van der Waals surface area contributed by atoms with E-state index in [0.29, 0.717) is 23.9 Å². The molecule has 5 heteroatoms. The minimum absolute atomic E-state index is 0.285. The van der Waals surface area contributed by atoms with Gasteiger partial charge in [-0.3, -0.25) is 4.98 Å². The summed E-state index contributed by atoms with van der Waals surface area (Å²) >= 11 is 10.9. The van der Waals surface area contributed by atoms with Crippen molar-refractivity contribution in [2.24, 2.45) is 5.73 Å². The lowest BCUT2D eigenvalue weighted by molar-refractivity contribution is 0.107. The second-order valence-electron chi connectivity index (χ2n) is 4.00. The van der Waals surface area contributed by atoms with Gasteiger partial charge >= 0.3 is 0 Å². The molecule has 0 saturated carbocycles. The van der Waals surface area contributed by atoms with E-state index < -0.39 is 0 Å². The van der Waals surface area contributed by atoms with Gasteiger partial charge in [-0.2, -0.15) is 0 Å². The van der Waals surface area contributed by atoms with Crippen LogP contribution < -0.4 is 5.73 Å². The average Bonchev–Trinajstić information content (AvgIpc) is 2.41. The van der Waals surface area contributed by atoms with Gasteiger partial charge in [0.15, 0.2) is 0 Å². The number of hydrogen-bond acceptors (Lipinski definition) is 3. The summed E-state index contributed by atoms with van der Waals surface area (Å²) in [5, 5.41) is 0.709. The summed E-state index contributed by atoms with van der Waals surface area (Å²) in [6, 6.07) is 11.3. The van der Waals surface area contributed by atoms with Gasteiger partial charge in [0.05, 0.1) is 18.9 Å². The van der Waals surface area contributed by atoms with Crippen molar-refractivity contribution in [1.29, 1.82) is 0 Å². The van der Waals surface area contributed by atoms with E-state index in [9.17, 15) is 0 Å². The number of ether oxygens (including phenoxy) is 1. The smallest absolute Gasteiger partial charge is 0.122 e. The molecule has 0 bridgehead atoms. The molecule has 0 saturated heterocycles. The maximum atomic E-state index is 6.05. The molecule has 0 spiro atoms. The summed E-state index contributed by atoms with van der Waals surface area (Å²) in [6.45, 7) is 0.924. The standard InChI is InChI=1S/C14H13ClN2OS/c15-12-4-2-1-3-11(12)9-18-8-10-5-6-17-13(7-10)14(16)19/h1-7H,8-9H2,(H2,16,19). The van der Waals surface area contributed by atoms with Gasteiger partial charge in [-0.25, -0.2) is 0 Å². The van der Waals surface area contributed by atoms with Crippen LogP contribution in [0.3, 0.4) is 0 Å². The van der Waals surface area contributed by atoms with Gasteiger partial charge in [0.2, 0.25) is 0 Å². The van der Waals surface area contributed by atoms with E-state index in [-0.39, 0.29) is 4.99 Å². The van der Waals surface area contributed by atoms with E-state index in [1.54, 1.807) is 6.20 Å². The van der Waals surface area contributed by atoms with E-state index in [1.807, 2.05) is 36.4 Å². The summed E-state index contributed by atoms with van der Waals surface area (Å²) in [4.78, 5) is 4.36. The molecule has 0 fully saturated rings. The highest BCUT2D eigenvalue weighted by Gasteiger charge is 2.02. The number of nitrogens with two attached hydrogens (primary N) is 1. The summed E-state index contributed by atoms with van der Waals surface area (Å²) in [5.74, 6) is 0. The Hall–Kier alpha value is -1.49. The molecule has 3 nitrogen and oxygen atoms in total. The van der Waals surface area contributed by atoms with Crippen molar-refractivity contribution in [2.75, 3.05) is 0 Å². The molecule has 0 aliphatic heterocycles. The van der Waals surface area contributed by atoms with Crippen LogP contribution in [0.2, 0.25) is 5.02 Å². The first kappa shape index (κ1) is 13.9. The van der Waals surface area contributed by atoms with Crippen LogP contribution in [-0.4, -0.2) is 9.97 Å². The molecule has 98 valence electrons. The molecule has 19 heavy (non-hydrogen) atoms. The largest absolute Gasteiger partial charge is 0.388 e. The fraction of sp³-hybridized carbons (Fsp3) is 0.143. The lowest BCUT2D eigenvalue weighted by atomic mass is 10.2. The van der Waals surface area contributed by atoms with Crippen LogP contribution >= 0.6 is 23.8 Å². The molecule has 1 heterocycles. The molecule has 1 aromatic heterocycles. The zero-order valence-electron chi connectivity index (χ0n) is 10.2. The highest BCUT2D eigenvalue weighted by atomic mass is 35.5. The minimum atomic E-state index is 0.285. The quantitative estimate of drug-likeness (QED) is 0.860. The lowest BCUT2D eigenvalue weighted by Gasteiger charge is -2.07. The van der Waals surface area contributed by atoms with Crippen molar-refractivity contribution in [3.05, 3.63) is 64.4 Å². The highest BCUT2D eigenvalue weighted by Crippen LogP contribution is 2.16. The Kier molecular flexibility index (Phi) is 4.85. The molecule has 0 aliphatic rings. The molecule has 2 rings (SSSR count). The lowest BCUT2D eigenvalue weighted by Crippen LogP contribution is -2.11. The van der Waals surface area contributed by atoms with Crippen LogP contribution in [0.5, 0.6) is 0 Å². The second-order valence-corrected chi connectivity index (χ2v) is 4.84. The molecule has 0 radical (unpaired) electrons. The molecule has 0 amide bonds. The monoisotopic (exact) mass is 292 g/mol. The topological polar surface area (TPSA) is 48.1 Å². The minimum Gasteiger partial charge on any atom is -0.388 e. The van der Waals surface area contributed by atoms with Gasteiger partial charge < -0.3 is 10.5 Å². The first-order chi connectivity index (χ1) is 9.16. The summed E-state index contributed by atoms with van der Waals surface area (Å²) in [7, 11) is 0. The fourth-order valence-electron chi connectivity index (χ4n) is 1.59. The third-order valence-corrected chi connectivity index (χ3v) is 3.14. The van der Waals surface area contributed by atoms with Crippen LogP contribution in [0.1, 0.15) is 16.8 Å². The van der Waals surface area contributed by atoms with E-state index in [2.05, 4.69) is 4.98 Å². The van der Waals surface area contributed by atoms with Crippen molar-refractivity contribution >= 4 is 28.8 Å². The van der Waals surface area contributed by atoms with Gasteiger partial charge in [-0.15, -0.1) is 0 Å². The Morgan fingerprint density at radius 3 is 2.79 bits per heavy atom. The molecule has 1 aromatic carbocycles. The Morgan fingerprint density at radius 2 is 2.05 bits per heavy atom. The van der Waals surface area contributed by atoms with Crippen molar-refractivity contribution in [3.8, 4) is 0 Å². The summed E-state index contributed by atoms with van der Waals surface area (Å²) in [5.41, 5.74) is 8.08. The maximum absolute atomic E-state index is 6.05. The third kappa shape index (κ3) is 3.99. The number of hydrogen-bond donors (Lipinski definition) is 1. The first-order valence-electron chi connectivity index (χ1n) is 5.72. The van der Waals surface area contributed by atoms with Crippen LogP contribution in [0.4, 0.5) is 0 Å². The van der Waals surface area contributed by atoms with Gasteiger partial charge in [0, 0.05) is 11.2 Å². The van der Waals surface area contributed by atoms with Crippen LogP contribution in [-0.2, 0) is 18.0 Å². The maximum Gasteiger partial charge on any atom is 0.122 e. The molecule has 2 aromatic rings. The predicted octanol–water partition coefficient (Wildman–Crippen LogP) is 3.09. The molecular weight excluding hydrogens is 280 g/mol. The van der Waals surface area contributed by atoms with E-state index >= 15 is 0 Å². The van der Waals surface area contributed by atoms with Gasteiger partial charge in [0.25, 0.3) is 0 Å². The number of nitrogens with zero attached hydrogens (tertiary/aromatic N) is 1. The SMILES string of the molecule is NC(=S)c1cc(COCc2ccccc2Cl)ccn1. The first-order valence-corrected chi connectivity index (χ1v) is 6.51.